The van der Waals surface area contributed by atoms with Crippen LogP contribution < -0.4 is 16.4 Å². The van der Waals surface area contributed by atoms with Gasteiger partial charge in [-0.2, -0.15) is 0 Å². The third kappa shape index (κ3) is 3.65. The van der Waals surface area contributed by atoms with Crippen LogP contribution in [0.15, 0.2) is 54.9 Å². The smallest absolute Gasteiger partial charge is 0.164 e. The molecule has 0 atom stereocenters. The molecule has 0 bridgehead atoms. The summed E-state index contributed by atoms with van der Waals surface area (Å²) in [6, 6.07) is 12.9. The maximum Gasteiger partial charge on any atom is 0.164 e. The molecule has 3 aromatic rings. The fourth-order valence-electron chi connectivity index (χ4n) is 2.00. The van der Waals surface area contributed by atoms with E-state index in [0.717, 1.165) is 5.69 Å². The first kappa shape index (κ1) is 14.6. The lowest BCUT2D eigenvalue weighted by molar-refractivity contribution is 0.433. The zero-order valence-electron chi connectivity index (χ0n) is 12.0. The van der Waals surface area contributed by atoms with Crippen LogP contribution in [0, 0.1) is 5.82 Å². The van der Waals surface area contributed by atoms with Crippen LogP contribution in [0.5, 0.6) is 5.75 Å². The van der Waals surface area contributed by atoms with Crippen molar-refractivity contribution < 1.29 is 9.50 Å². The van der Waals surface area contributed by atoms with Gasteiger partial charge in [0.05, 0.1) is 0 Å². The Labute approximate surface area is 131 Å². The first-order chi connectivity index (χ1) is 11.1. The molecule has 0 radical (unpaired) electrons. The van der Waals surface area contributed by atoms with Gasteiger partial charge in [0.1, 0.15) is 18.0 Å². The summed E-state index contributed by atoms with van der Waals surface area (Å²) in [4.78, 5) is 8.21. The number of phenols is 1. The van der Waals surface area contributed by atoms with E-state index in [1.165, 1.54) is 24.5 Å². The highest BCUT2D eigenvalue weighted by Gasteiger charge is 2.04. The average Bonchev–Trinajstić information content (AvgIpc) is 2.51. The number of anilines is 5. The number of benzene rings is 2. The van der Waals surface area contributed by atoms with Gasteiger partial charge in [-0.25, -0.2) is 14.4 Å². The minimum Gasteiger partial charge on any atom is -0.505 e. The molecule has 1 heterocycles. The topological polar surface area (TPSA) is 96.1 Å². The van der Waals surface area contributed by atoms with Crippen molar-refractivity contribution in [1.82, 2.24) is 9.97 Å². The zero-order chi connectivity index (χ0) is 16.2. The molecule has 0 aliphatic heterocycles. The van der Waals surface area contributed by atoms with E-state index in [0.29, 0.717) is 23.0 Å². The predicted molar refractivity (Wildman–Crippen MR) is 87.5 cm³/mol. The molecule has 0 saturated carbocycles. The van der Waals surface area contributed by atoms with Gasteiger partial charge in [-0.1, -0.05) is 6.07 Å². The number of rotatable bonds is 4. The first-order valence-corrected chi connectivity index (χ1v) is 6.80. The molecule has 1 aromatic heterocycles. The van der Waals surface area contributed by atoms with Gasteiger partial charge in [0.25, 0.3) is 0 Å². The minimum absolute atomic E-state index is 0.429. The molecule has 0 unspecified atom stereocenters. The van der Waals surface area contributed by atoms with Crippen LogP contribution in [0.2, 0.25) is 0 Å². The summed E-state index contributed by atoms with van der Waals surface area (Å²) in [6.07, 6.45) is 1.39. The lowest BCUT2D eigenvalue weighted by Gasteiger charge is -2.09. The maximum absolute atomic E-state index is 13.1. The van der Waals surface area contributed by atoms with E-state index >= 15 is 0 Å². The van der Waals surface area contributed by atoms with Crippen molar-refractivity contribution in [2.45, 2.75) is 0 Å². The molecule has 2 aromatic carbocycles. The second-order valence-corrected chi connectivity index (χ2v) is 4.83. The Kier molecular flexibility index (Phi) is 3.92. The van der Waals surface area contributed by atoms with Gasteiger partial charge in [-0.3, -0.25) is 0 Å². The number of phenolic OH excluding ortho intramolecular Hbond substituents is 1. The largest absolute Gasteiger partial charge is 0.505 e. The Hall–Kier alpha value is -3.35. The SMILES string of the molecule is Nc1cccc(Nc2cc(Nc3ccc(F)c(O)c3)ncn2)c1. The van der Waals surface area contributed by atoms with Gasteiger partial charge in [0.2, 0.25) is 0 Å². The van der Waals surface area contributed by atoms with Gasteiger partial charge >= 0.3 is 0 Å². The van der Waals surface area contributed by atoms with Crippen molar-refractivity contribution in [2.75, 3.05) is 16.4 Å². The second-order valence-electron chi connectivity index (χ2n) is 4.83. The molecular weight excluding hydrogens is 297 g/mol. The van der Waals surface area contributed by atoms with Crippen LogP contribution in [-0.2, 0) is 0 Å². The third-order valence-electron chi connectivity index (χ3n) is 3.04. The molecule has 116 valence electrons. The lowest BCUT2D eigenvalue weighted by Crippen LogP contribution is -1.99. The number of nitrogens with two attached hydrogens (primary N) is 1. The Morgan fingerprint density at radius 3 is 2.26 bits per heavy atom. The number of nitrogens with zero attached hydrogens (tertiary/aromatic N) is 2. The average molecular weight is 311 g/mol. The highest BCUT2D eigenvalue weighted by atomic mass is 19.1. The molecule has 0 saturated heterocycles. The monoisotopic (exact) mass is 311 g/mol. The highest BCUT2D eigenvalue weighted by molar-refractivity contribution is 5.65. The number of nitrogen functional groups attached to an aromatic ring is 1. The number of hydrogen-bond donors (Lipinski definition) is 4. The second kappa shape index (κ2) is 6.18. The first-order valence-electron chi connectivity index (χ1n) is 6.80. The molecule has 3 rings (SSSR count). The molecule has 23 heavy (non-hydrogen) atoms. The molecule has 0 aliphatic carbocycles. The van der Waals surface area contributed by atoms with Crippen molar-refractivity contribution in [1.29, 1.82) is 0 Å². The number of aromatic hydroxyl groups is 1. The summed E-state index contributed by atoms with van der Waals surface area (Å²) >= 11 is 0. The Bertz CT molecular complexity index is 840. The fraction of sp³-hybridized carbons (Fsp3) is 0. The summed E-state index contributed by atoms with van der Waals surface area (Å²) in [6.45, 7) is 0. The Morgan fingerprint density at radius 2 is 1.61 bits per heavy atom. The molecular formula is C16H14FN5O. The van der Waals surface area contributed by atoms with Crippen molar-refractivity contribution in [3.05, 3.63) is 60.7 Å². The molecule has 0 amide bonds. The molecule has 7 heteroatoms. The van der Waals surface area contributed by atoms with Crippen LogP contribution in [0.4, 0.5) is 33.1 Å². The van der Waals surface area contributed by atoms with E-state index in [1.807, 2.05) is 12.1 Å². The number of aromatic nitrogens is 2. The van der Waals surface area contributed by atoms with E-state index < -0.39 is 11.6 Å². The van der Waals surface area contributed by atoms with Crippen molar-refractivity contribution >= 4 is 28.7 Å². The number of nitrogens with one attached hydrogen (secondary N) is 2. The predicted octanol–water partition coefficient (Wildman–Crippen LogP) is 3.39. The molecule has 0 fully saturated rings. The summed E-state index contributed by atoms with van der Waals surface area (Å²) in [5, 5.41) is 15.5. The third-order valence-corrected chi connectivity index (χ3v) is 3.04. The Morgan fingerprint density at radius 1 is 0.913 bits per heavy atom. The van der Waals surface area contributed by atoms with Gasteiger partial charge < -0.3 is 21.5 Å². The molecule has 0 spiro atoms. The van der Waals surface area contributed by atoms with E-state index in [1.54, 1.807) is 18.2 Å². The van der Waals surface area contributed by atoms with Gasteiger partial charge in [-0.05, 0) is 30.3 Å². The van der Waals surface area contributed by atoms with E-state index in [2.05, 4.69) is 20.6 Å². The van der Waals surface area contributed by atoms with E-state index in [-0.39, 0.29) is 0 Å². The van der Waals surface area contributed by atoms with E-state index in [9.17, 15) is 9.50 Å². The molecule has 5 N–H and O–H groups in total. The highest BCUT2D eigenvalue weighted by Crippen LogP contribution is 2.24. The summed E-state index contributed by atoms with van der Waals surface area (Å²) in [5.74, 6) is -0.0405. The van der Waals surface area contributed by atoms with Crippen LogP contribution in [0.1, 0.15) is 0 Å². The minimum atomic E-state index is -0.678. The van der Waals surface area contributed by atoms with Gasteiger partial charge in [-0.15, -0.1) is 0 Å². The van der Waals surface area contributed by atoms with E-state index in [4.69, 9.17) is 5.73 Å². The number of hydrogen-bond acceptors (Lipinski definition) is 6. The van der Waals surface area contributed by atoms with Crippen molar-refractivity contribution in [3.8, 4) is 5.75 Å². The standard InChI is InChI=1S/C16H14FN5O/c17-13-5-4-12(7-14(13)23)22-16-8-15(19-9-20-16)21-11-3-1-2-10(18)6-11/h1-9,23H,18H2,(H2,19,20,21,22). The summed E-state index contributed by atoms with van der Waals surface area (Å²) in [5.41, 5.74) is 7.69. The van der Waals surface area contributed by atoms with Crippen LogP contribution in [-0.4, -0.2) is 15.1 Å². The normalized spacial score (nSPS) is 10.3. The fourth-order valence-corrected chi connectivity index (χ4v) is 2.00. The van der Waals surface area contributed by atoms with Crippen LogP contribution >= 0.6 is 0 Å². The summed E-state index contributed by atoms with van der Waals surface area (Å²) < 4.78 is 13.1. The Balaban J connectivity index is 1.78. The quantitative estimate of drug-likeness (QED) is 0.552. The molecule has 6 nitrogen and oxygen atoms in total. The van der Waals surface area contributed by atoms with Gasteiger partial charge in [0.15, 0.2) is 11.6 Å². The zero-order valence-corrected chi connectivity index (χ0v) is 12.0. The van der Waals surface area contributed by atoms with Crippen molar-refractivity contribution in [3.63, 3.8) is 0 Å². The maximum atomic E-state index is 13.1. The lowest BCUT2D eigenvalue weighted by atomic mass is 10.3. The van der Waals surface area contributed by atoms with Crippen molar-refractivity contribution in [2.24, 2.45) is 0 Å². The van der Waals surface area contributed by atoms with Gasteiger partial charge in [0, 0.05) is 29.2 Å². The summed E-state index contributed by atoms with van der Waals surface area (Å²) in [7, 11) is 0. The van der Waals surface area contributed by atoms with Crippen LogP contribution in [0.25, 0.3) is 0 Å². The molecule has 0 aliphatic rings. The van der Waals surface area contributed by atoms with Crippen LogP contribution in [0.3, 0.4) is 0 Å². The number of halogens is 1.